The van der Waals surface area contributed by atoms with Crippen LogP contribution in [0.25, 0.3) is 0 Å². The fraction of sp³-hybridized carbons (Fsp3) is 0.778. The molecule has 0 spiro atoms. The van der Waals surface area contributed by atoms with Gasteiger partial charge in [0.1, 0.15) is 5.78 Å². The molecule has 1 atom stereocenters. The number of hydrogen-bond donors (Lipinski definition) is 1. The van der Waals surface area contributed by atoms with Crippen LogP contribution in [-0.2, 0) is 9.59 Å². The van der Waals surface area contributed by atoms with Crippen molar-refractivity contribution in [3.05, 3.63) is 0 Å². The van der Waals surface area contributed by atoms with E-state index in [4.69, 9.17) is 5.73 Å². The lowest BCUT2D eigenvalue weighted by molar-refractivity contribution is -0.130. The Morgan fingerprint density at radius 2 is 2.14 bits per heavy atom. The summed E-state index contributed by atoms with van der Waals surface area (Å²) < 4.78 is 0. The van der Waals surface area contributed by atoms with E-state index in [1.165, 1.54) is 0 Å². The van der Waals surface area contributed by atoms with Crippen LogP contribution in [0.4, 0.5) is 0 Å². The molecule has 80 valence electrons. The van der Waals surface area contributed by atoms with Gasteiger partial charge in [0.15, 0.2) is 0 Å². The Kier molecular flexibility index (Phi) is 3.89. The summed E-state index contributed by atoms with van der Waals surface area (Å²) >= 11 is 0. The highest BCUT2D eigenvalue weighted by Crippen LogP contribution is 2.36. The van der Waals surface area contributed by atoms with Crippen LogP contribution in [0, 0.1) is 11.3 Å². The molecule has 1 aliphatic rings. The first-order valence-electron chi connectivity index (χ1n) is 4.50. The summed E-state index contributed by atoms with van der Waals surface area (Å²) in [5.74, 6) is 0.960. The topological polar surface area (TPSA) is 60.2 Å². The van der Waals surface area contributed by atoms with Gasteiger partial charge in [0, 0.05) is 23.3 Å². The van der Waals surface area contributed by atoms with E-state index < -0.39 is 0 Å². The van der Waals surface area contributed by atoms with Gasteiger partial charge >= 0.3 is 0 Å². The van der Waals surface area contributed by atoms with Gasteiger partial charge in [-0.15, -0.1) is 0 Å². The molecule has 0 aromatic carbocycles. The van der Waals surface area contributed by atoms with Crippen molar-refractivity contribution in [3.63, 3.8) is 0 Å². The maximum Gasteiger partial charge on any atom is 0.221 e. The van der Waals surface area contributed by atoms with Crippen LogP contribution in [0.15, 0.2) is 0 Å². The summed E-state index contributed by atoms with van der Waals surface area (Å²) in [5, 5.41) is 0. The van der Waals surface area contributed by atoms with Crippen LogP contribution >= 0.6 is 21.6 Å². The van der Waals surface area contributed by atoms with Crippen LogP contribution in [0.1, 0.15) is 20.3 Å². The molecule has 1 saturated heterocycles. The lowest BCUT2D eigenvalue weighted by Gasteiger charge is -2.27. The van der Waals surface area contributed by atoms with Gasteiger partial charge in [0.2, 0.25) is 5.91 Å². The SMILES string of the molecule is CC1(C)CSSC[C@@H](C(N)=O)CC1=O. The minimum atomic E-state index is -0.357. The van der Waals surface area contributed by atoms with Crippen molar-refractivity contribution in [2.45, 2.75) is 20.3 Å². The first-order chi connectivity index (χ1) is 6.43. The number of carbonyl (C=O) groups excluding carboxylic acids is 2. The number of rotatable bonds is 1. The Balaban J connectivity index is 2.71. The highest BCUT2D eigenvalue weighted by atomic mass is 33.1. The summed E-state index contributed by atoms with van der Waals surface area (Å²) in [7, 11) is 3.28. The number of amides is 1. The van der Waals surface area contributed by atoms with Gasteiger partial charge in [-0.25, -0.2) is 0 Å². The summed E-state index contributed by atoms with van der Waals surface area (Å²) in [5.41, 5.74) is 4.90. The third kappa shape index (κ3) is 2.92. The average molecular weight is 233 g/mol. The maximum absolute atomic E-state index is 11.8. The molecule has 0 aromatic heterocycles. The molecule has 0 bridgehead atoms. The van der Waals surface area contributed by atoms with Crippen LogP contribution in [0.2, 0.25) is 0 Å². The molecule has 0 aliphatic carbocycles. The van der Waals surface area contributed by atoms with Crippen molar-refractivity contribution in [3.8, 4) is 0 Å². The van der Waals surface area contributed by atoms with Gasteiger partial charge < -0.3 is 5.73 Å². The van der Waals surface area contributed by atoms with E-state index in [0.29, 0.717) is 12.2 Å². The average Bonchev–Trinajstić information content (AvgIpc) is 2.07. The summed E-state index contributed by atoms with van der Waals surface area (Å²) in [6.45, 7) is 3.85. The Hall–Kier alpha value is -0.160. The number of nitrogens with two attached hydrogens (primary N) is 1. The van der Waals surface area contributed by atoms with E-state index in [1.807, 2.05) is 13.8 Å². The first-order valence-corrected chi connectivity index (χ1v) is 6.99. The van der Waals surface area contributed by atoms with Crippen LogP contribution in [0.3, 0.4) is 0 Å². The van der Waals surface area contributed by atoms with Gasteiger partial charge in [-0.1, -0.05) is 35.4 Å². The third-order valence-corrected chi connectivity index (χ3v) is 5.17. The van der Waals surface area contributed by atoms with E-state index in [1.54, 1.807) is 21.6 Å². The zero-order valence-corrected chi connectivity index (χ0v) is 10.0. The largest absolute Gasteiger partial charge is 0.369 e. The molecule has 0 saturated carbocycles. The molecular formula is C9H15NO2S2. The Labute approximate surface area is 92.0 Å². The summed E-state index contributed by atoms with van der Waals surface area (Å²) in [4.78, 5) is 22.8. The standard InChI is InChI=1S/C9H15NO2S2/c1-9(2)5-14-13-4-6(8(10)12)3-7(9)11/h6H,3-5H2,1-2H3,(H2,10,12)/t6-/m0/s1. The van der Waals surface area contributed by atoms with Crippen molar-refractivity contribution in [2.24, 2.45) is 17.1 Å². The van der Waals surface area contributed by atoms with Crippen molar-refractivity contribution >= 4 is 33.3 Å². The van der Waals surface area contributed by atoms with E-state index in [-0.39, 0.29) is 23.0 Å². The first kappa shape index (κ1) is 11.9. The van der Waals surface area contributed by atoms with Crippen LogP contribution < -0.4 is 5.73 Å². The monoisotopic (exact) mass is 233 g/mol. The van der Waals surface area contributed by atoms with Crippen molar-refractivity contribution < 1.29 is 9.59 Å². The molecule has 3 nitrogen and oxygen atoms in total. The number of carbonyl (C=O) groups is 2. The summed E-state index contributed by atoms with van der Waals surface area (Å²) in [6.07, 6.45) is 0.301. The highest BCUT2D eigenvalue weighted by Gasteiger charge is 2.33. The molecule has 1 heterocycles. The predicted octanol–water partition coefficient (Wildman–Crippen LogP) is 1.47. The summed E-state index contributed by atoms with van der Waals surface area (Å²) in [6, 6.07) is 0. The molecular weight excluding hydrogens is 218 g/mol. The zero-order chi connectivity index (χ0) is 10.8. The Bertz CT molecular complexity index is 253. The molecule has 14 heavy (non-hydrogen) atoms. The fourth-order valence-corrected chi connectivity index (χ4v) is 4.14. The quantitative estimate of drug-likeness (QED) is 0.697. The molecule has 1 rings (SSSR count). The second kappa shape index (κ2) is 4.57. The predicted molar refractivity (Wildman–Crippen MR) is 61.0 cm³/mol. The van der Waals surface area contributed by atoms with Crippen LogP contribution in [-0.4, -0.2) is 23.2 Å². The highest BCUT2D eigenvalue weighted by molar-refractivity contribution is 8.76. The smallest absolute Gasteiger partial charge is 0.221 e. The van der Waals surface area contributed by atoms with Gasteiger partial charge in [-0.2, -0.15) is 0 Å². The van der Waals surface area contributed by atoms with Gasteiger partial charge in [0.25, 0.3) is 0 Å². The minimum Gasteiger partial charge on any atom is -0.369 e. The van der Waals surface area contributed by atoms with Gasteiger partial charge in [-0.3, -0.25) is 9.59 Å². The fourth-order valence-electron chi connectivity index (χ4n) is 1.14. The van der Waals surface area contributed by atoms with Crippen molar-refractivity contribution in [1.82, 2.24) is 0 Å². The molecule has 1 amide bonds. The van der Waals surface area contributed by atoms with Crippen LogP contribution in [0.5, 0.6) is 0 Å². The molecule has 0 aromatic rings. The molecule has 1 fully saturated rings. The van der Waals surface area contributed by atoms with E-state index in [0.717, 1.165) is 5.75 Å². The van der Waals surface area contributed by atoms with E-state index in [9.17, 15) is 9.59 Å². The second-order valence-electron chi connectivity index (χ2n) is 4.16. The lowest BCUT2D eigenvalue weighted by Crippen LogP contribution is -2.35. The Morgan fingerprint density at radius 1 is 1.50 bits per heavy atom. The number of ketones is 1. The zero-order valence-electron chi connectivity index (χ0n) is 8.41. The van der Waals surface area contributed by atoms with E-state index in [2.05, 4.69) is 0 Å². The van der Waals surface area contributed by atoms with Crippen molar-refractivity contribution in [1.29, 1.82) is 0 Å². The van der Waals surface area contributed by atoms with Crippen molar-refractivity contribution in [2.75, 3.05) is 11.5 Å². The number of primary amides is 1. The Morgan fingerprint density at radius 3 is 2.71 bits per heavy atom. The second-order valence-corrected chi connectivity index (χ2v) is 6.66. The third-order valence-electron chi connectivity index (χ3n) is 2.36. The number of Topliss-reactive ketones (excluding diaryl/α,β-unsaturated/α-hetero) is 1. The number of hydrogen-bond acceptors (Lipinski definition) is 4. The van der Waals surface area contributed by atoms with Gasteiger partial charge in [-0.05, 0) is 0 Å². The molecule has 0 radical (unpaired) electrons. The van der Waals surface area contributed by atoms with Gasteiger partial charge in [0.05, 0.1) is 5.92 Å². The molecule has 0 unspecified atom stereocenters. The van der Waals surface area contributed by atoms with E-state index >= 15 is 0 Å². The molecule has 1 aliphatic heterocycles. The molecule has 2 N–H and O–H groups in total. The maximum atomic E-state index is 11.8. The normalized spacial score (nSPS) is 27.9. The molecule has 5 heteroatoms. The minimum absolute atomic E-state index is 0.147. The lowest BCUT2D eigenvalue weighted by atomic mass is 9.85.